The maximum Gasteiger partial charge on any atom is 0.0318 e. The molecule has 94 valence electrons. The summed E-state index contributed by atoms with van der Waals surface area (Å²) in [6.07, 6.45) is 2.81. The van der Waals surface area contributed by atoms with Crippen LogP contribution in [0, 0.1) is 5.92 Å². The minimum atomic E-state index is 0.587. The summed E-state index contributed by atoms with van der Waals surface area (Å²) in [5, 5.41) is 0. The van der Waals surface area contributed by atoms with Gasteiger partial charge in [0.05, 0.1) is 0 Å². The monoisotopic (exact) mass is 296 g/mol. The van der Waals surface area contributed by atoms with Gasteiger partial charge in [-0.25, -0.2) is 0 Å². The molecule has 0 saturated heterocycles. The number of nitrogen functional groups attached to an aromatic ring is 1. The maximum absolute atomic E-state index is 5.85. The van der Waals surface area contributed by atoms with Crippen molar-refractivity contribution in [2.24, 2.45) is 5.92 Å². The molecule has 2 N–H and O–H groups in total. The standard InChI is InChI=1S/C14H21BrN2/c1-10(2)17(8-11-3-4-11)9-12-7-13(16)5-6-14(12)15/h5-7,10-11H,3-4,8-9,16H2,1-2H3. The van der Waals surface area contributed by atoms with Gasteiger partial charge in [0, 0.05) is 29.3 Å². The minimum absolute atomic E-state index is 0.587. The van der Waals surface area contributed by atoms with Crippen LogP contribution in [0.25, 0.3) is 0 Å². The first-order chi connectivity index (χ1) is 8.06. The van der Waals surface area contributed by atoms with Gasteiger partial charge in [0.2, 0.25) is 0 Å². The molecule has 2 rings (SSSR count). The molecule has 1 aromatic carbocycles. The average Bonchev–Trinajstić information content (AvgIpc) is 3.06. The highest BCUT2D eigenvalue weighted by Crippen LogP contribution is 2.31. The molecule has 1 fully saturated rings. The SMILES string of the molecule is CC(C)N(Cc1cc(N)ccc1Br)CC1CC1. The normalized spacial score (nSPS) is 15.8. The van der Waals surface area contributed by atoms with E-state index in [0.29, 0.717) is 6.04 Å². The van der Waals surface area contributed by atoms with E-state index in [0.717, 1.165) is 22.6 Å². The molecule has 0 unspecified atom stereocenters. The Kier molecular flexibility index (Phi) is 4.10. The fourth-order valence-electron chi connectivity index (χ4n) is 2.02. The van der Waals surface area contributed by atoms with E-state index < -0.39 is 0 Å². The van der Waals surface area contributed by atoms with Crippen molar-refractivity contribution in [2.75, 3.05) is 12.3 Å². The van der Waals surface area contributed by atoms with Crippen LogP contribution in [0.2, 0.25) is 0 Å². The van der Waals surface area contributed by atoms with Crippen LogP contribution in [0.1, 0.15) is 32.3 Å². The summed E-state index contributed by atoms with van der Waals surface area (Å²) >= 11 is 3.61. The highest BCUT2D eigenvalue weighted by Gasteiger charge is 2.25. The Balaban J connectivity index is 2.07. The van der Waals surface area contributed by atoms with Gasteiger partial charge in [-0.15, -0.1) is 0 Å². The van der Waals surface area contributed by atoms with Gasteiger partial charge in [-0.1, -0.05) is 15.9 Å². The summed E-state index contributed by atoms with van der Waals surface area (Å²) in [5.41, 5.74) is 7.99. The first-order valence-corrected chi connectivity index (χ1v) is 7.13. The molecule has 1 aliphatic carbocycles. The second-order valence-corrected chi connectivity index (χ2v) is 6.17. The lowest BCUT2D eigenvalue weighted by atomic mass is 10.1. The molecule has 0 atom stereocenters. The smallest absolute Gasteiger partial charge is 0.0318 e. The van der Waals surface area contributed by atoms with Crippen molar-refractivity contribution in [3.8, 4) is 0 Å². The van der Waals surface area contributed by atoms with Crippen LogP contribution in [-0.2, 0) is 6.54 Å². The third-order valence-corrected chi connectivity index (χ3v) is 4.14. The molecule has 2 nitrogen and oxygen atoms in total. The van der Waals surface area contributed by atoms with Gasteiger partial charge < -0.3 is 5.73 Å². The number of hydrogen-bond acceptors (Lipinski definition) is 2. The molecule has 0 bridgehead atoms. The van der Waals surface area contributed by atoms with E-state index in [4.69, 9.17) is 5.73 Å². The lowest BCUT2D eigenvalue weighted by molar-refractivity contribution is 0.203. The molecule has 0 radical (unpaired) electrons. The molecular weight excluding hydrogens is 276 g/mol. The highest BCUT2D eigenvalue weighted by molar-refractivity contribution is 9.10. The van der Waals surface area contributed by atoms with E-state index >= 15 is 0 Å². The summed E-state index contributed by atoms with van der Waals surface area (Å²) in [4.78, 5) is 2.54. The van der Waals surface area contributed by atoms with Crippen LogP contribution in [0.4, 0.5) is 5.69 Å². The van der Waals surface area contributed by atoms with Crippen LogP contribution < -0.4 is 5.73 Å². The topological polar surface area (TPSA) is 29.3 Å². The number of nitrogens with zero attached hydrogens (tertiary/aromatic N) is 1. The summed E-state index contributed by atoms with van der Waals surface area (Å²) in [5.74, 6) is 0.928. The predicted molar refractivity (Wildman–Crippen MR) is 76.8 cm³/mol. The van der Waals surface area contributed by atoms with Gasteiger partial charge in [0.25, 0.3) is 0 Å². The van der Waals surface area contributed by atoms with Gasteiger partial charge in [-0.3, -0.25) is 4.90 Å². The van der Waals surface area contributed by atoms with Crippen LogP contribution in [0.15, 0.2) is 22.7 Å². The Morgan fingerprint density at radius 3 is 2.71 bits per heavy atom. The number of halogens is 1. The number of hydrogen-bond donors (Lipinski definition) is 1. The van der Waals surface area contributed by atoms with Crippen LogP contribution >= 0.6 is 15.9 Å². The Labute approximate surface area is 112 Å². The zero-order valence-corrected chi connectivity index (χ0v) is 12.2. The summed E-state index contributed by atoms with van der Waals surface area (Å²) < 4.78 is 1.16. The van der Waals surface area contributed by atoms with E-state index in [-0.39, 0.29) is 0 Å². The molecule has 0 amide bonds. The molecule has 0 spiro atoms. The van der Waals surface area contributed by atoms with Crippen LogP contribution in [0.5, 0.6) is 0 Å². The zero-order chi connectivity index (χ0) is 12.4. The maximum atomic E-state index is 5.85. The van der Waals surface area contributed by atoms with E-state index in [1.165, 1.54) is 24.9 Å². The van der Waals surface area contributed by atoms with Crippen molar-refractivity contribution in [1.29, 1.82) is 0 Å². The molecule has 0 aliphatic heterocycles. The molecule has 3 heteroatoms. The first kappa shape index (κ1) is 12.9. The van der Waals surface area contributed by atoms with Crippen LogP contribution in [0.3, 0.4) is 0 Å². The van der Waals surface area contributed by atoms with E-state index in [1.807, 2.05) is 12.1 Å². The number of rotatable bonds is 5. The molecule has 1 aromatic rings. The zero-order valence-electron chi connectivity index (χ0n) is 10.6. The van der Waals surface area contributed by atoms with Crippen LogP contribution in [-0.4, -0.2) is 17.5 Å². The molecule has 1 aliphatic rings. The van der Waals surface area contributed by atoms with Gasteiger partial charge in [-0.05, 0) is 56.4 Å². The fraction of sp³-hybridized carbons (Fsp3) is 0.571. The highest BCUT2D eigenvalue weighted by atomic mass is 79.9. The number of anilines is 1. The minimum Gasteiger partial charge on any atom is -0.399 e. The van der Waals surface area contributed by atoms with Crippen molar-refractivity contribution >= 4 is 21.6 Å². The van der Waals surface area contributed by atoms with Gasteiger partial charge >= 0.3 is 0 Å². The molecule has 17 heavy (non-hydrogen) atoms. The Morgan fingerprint density at radius 1 is 1.41 bits per heavy atom. The lowest BCUT2D eigenvalue weighted by Crippen LogP contribution is -2.32. The molecule has 0 aromatic heterocycles. The lowest BCUT2D eigenvalue weighted by Gasteiger charge is -2.27. The number of benzene rings is 1. The molecular formula is C14H21BrN2. The Hall–Kier alpha value is -0.540. The quantitative estimate of drug-likeness (QED) is 0.841. The summed E-state index contributed by atoms with van der Waals surface area (Å²) in [7, 11) is 0. The van der Waals surface area contributed by atoms with E-state index in [1.54, 1.807) is 0 Å². The predicted octanol–water partition coefficient (Wildman–Crippen LogP) is 3.65. The van der Waals surface area contributed by atoms with Gasteiger partial charge in [0.1, 0.15) is 0 Å². The van der Waals surface area contributed by atoms with Crippen molar-refractivity contribution in [1.82, 2.24) is 4.90 Å². The average molecular weight is 297 g/mol. The fourth-order valence-corrected chi connectivity index (χ4v) is 2.40. The van der Waals surface area contributed by atoms with Gasteiger partial charge in [0.15, 0.2) is 0 Å². The second kappa shape index (κ2) is 5.40. The molecule has 1 saturated carbocycles. The second-order valence-electron chi connectivity index (χ2n) is 5.32. The first-order valence-electron chi connectivity index (χ1n) is 6.34. The third-order valence-electron chi connectivity index (χ3n) is 3.36. The summed E-state index contributed by atoms with van der Waals surface area (Å²) in [6, 6.07) is 6.64. The number of nitrogens with two attached hydrogens (primary N) is 1. The van der Waals surface area contributed by atoms with Gasteiger partial charge in [-0.2, -0.15) is 0 Å². The van der Waals surface area contributed by atoms with Crippen molar-refractivity contribution in [3.05, 3.63) is 28.2 Å². The van der Waals surface area contributed by atoms with Crippen molar-refractivity contribution < 1.29 is 0 Å². The molecule has 0 heterocycles. The van der Waals surface area contributed by atoms with E-state index in [9.17, 15) is 0 Å². The van der Waals surface area contributed by atoms with Crippen molar-refractivity contribution in [3.63, 3.8) is 0 Å². The largest absolute Gasteiger partial charge is 0.399 e. The van der Waals surface area contributed by atoms with Crippen molar-refractivity contribution in [2.45, 2.75) is 39.3 Å². The third kappa shape index (κ3) is 3.71. The summed E-state index contributed by atoms with van der Waals surface area (Å²) in [6.45, 7) is 6.74. The van der Waals surface area contributed by atoms with E-state index in [2.05, 4.69) is 40.7 Å². The Morgan fingerprint density at radius 2 is 2.12 bits per heavy atom. The Bertz CT molecular complexity index is 386.